The maximum absolute atomic E-state index is 11.8. The predicted octanol–water partition coefficient (Wildman–Crippen LogP) is 3.44. The molecule has 1 aromatic heterocycles. The number of aryl methyl sites for hydroxylation is 1. The average Bonchev–Trinajstić information content (AvgIpc) is 3.00. The molecule has 0 saturated carbocycles. The Bertz CT molecular complexity index is 761. The zero-order chi connectivity index (χ0) is 15.4. The van der Waals surface area contributed by atoms with Gasteiger partial charge >= 0.3 is 5.97 Å². The Morgan fingerprint density at radius 3 is 2.36 bits per heavy atom. The molecule has 4 nitrogen and oxygen atoms in total. The van der Waals surface area contributed by atoms with Crippen molar-refractivity contribution in [1.29, 1.82) is 0 Å². The minimum absolute atomic E-state index is 0.253. The molecule has 1 heterocycles. The molecule has 0 aliphatic heterocycles. The van der Waals surface area contributed by atoms with Crippen LogP contribution >= 0.6 is 0 Å². The quantitative estimate of drug-likeness (QED) is 0.692. The zero-order valence-electron chi connectivity index (χ0n) is 12.3. The minimum atomic E-state index is -0.361. The summed E-state index contributed by atoms with van der Waals surface area (Å²) in [7, 11) is 1.76. The lowest BCUT2D eigenvalue weighted by Gasteiger charge is -2.05. The van der Waals surface area contributed by atoms with Gasteiger partial charge in [-0.15, -0.1) is 0 Å². The molecule has 0 unspecified atom stereocenters. The third-order valence-corrected chi connectivity index (χ3v) is 3.37. The number of rotatable bonds is 4. The second-order valence-electron chi connectivity index (χ2n) is 5.04. The van der Waals surface area contributed by atoms with Crippen LogP contribution in [-0.4, -0.2) is 15.7 Å². The number of esters is 1. The van der Waals surface area contributed by atoms with E-state index in [0.717, 1.165) is 11.1 Å². The molecule has 0 amide bonds. The van der Waals surface area contributed by atoms with Crippen LogP contribution in [0.5, 0.6) is 0 Å². The van der Waals surface area contributed by atoms with Gasteiger partial charge in [0.25, 0.3) is 0 Å². The number of ether oxygens (including phenoxy) is 1. The molecule has 0 saturated heterocycles. The number of nitrogens with zero attached hydrogens (tertiary/aromatic N) is 2. The molecule has 110 valence electrons. The molecule has 22 heavy (non-hydrogen) atoms. The lowest BCUT2D eigenvalue weighted by atomic mass is 10.0. The van der Waals surface area contributed by atoms with Crippen molar-refractivity contribution in [1.82, 2.24) is 9.78 Å². The van der Waals surface area contributed by atoms with Crippen molar-refractivity contribution < 1.29 is 9.53 Å². The average molecular weight is 292 g/mol. The lowest BCUT2D eigenvalue weighted by molar-refractivity contribution is 0.0472. The lowest BCUT2D eigenvalue weighted by Crippen LogP contribution is -2.04. The second-order valence-corrected chi connectivity index (χ2v) is 5.04. The van der Waals surface area contributed by atoms with Crippen molar-refractivity contribution >= 4 is 5.97 Å². The van der Waals surface area contributed by atoms with Gasteiger partial charge in [-0.2, -0.15) is 5.10 Å². The molecule has 3 rings (SSSR count). The van der Waals surface area contributed by atoms with E-state index in [4.69, 9.17) is 4.74 Å². The third kappa shape index (κ3) is 3.23. The molecule has 0 bridgehead atoms. The maximum atomic E-state index is 11.8. The van der Waals surface area contributed by atoms with Gasteiger partial charge in [-0.1, -0.05) is 54.6 Å². The van der Waals surface area contributed by atoms with Crippen LogP contribution in [0.2, 0.25) is 0 Å². The number of hydrogen-bond donors (Lipinski definition) is 0. The molecule has 2 aromatic carbocycles. The smallest absolute Gasteiger partial charge is 0.341 e. The Hall–Kier alpha value is -2.88. The fraction of sp³-hybridized carbons (Fsp3) is 0.111. The summed E-state index contributed by atoms with van der Waals surface area (Å²) in [6.45, 7) is 0.253. The first-order chi connectivity index (χ1) is 10.7. The van der Waals surface area contributed by atoms with E-state index < -0.39 is 0 Å². The van der Waals surface area contributed by atoms with Gasteiger partial charge in [0.15, 0.2) is 0 Å². The highest BCUT2D eigenvalue weighted by molar-refractivity contribution is 5.88. The SMILES string of the molecule is Cn1cc(C(=O)OCc2ccc(-c3ccccc3)cc2)cn1. The van der Waals surface area contributed by atoms with Gasteiger partial charge in [0.1, 0.15) is 6.61 Å². The van der Waals surface area contributed by atoms with Crippen molar-refractivity contribution in [2.24, 2.45) is 7.05 Å². The summed E-state index contributed by atoms with van der Waals surface area (Å²) in [5, 5.41) is 3.95. The molecule has 0 radical (unpaired) electrons. The van der Waals surface area contributed by atoms with Crippen LogP contribution in [0.25, 0.3) is 11.1 Å². The molecule has 0 spiro atoms. The molecule has 0 N–H and O–H groups in total. The van der Waals surface area contributed by atoms with Crippen LogP contribution < -0.4 is 0 Å². The van der Waals surface area contributed by atoms with E-state index in [-0.39, 0.29) is 12.6 Å². The van der Waals surface area contributed by atoms with Crippen LogP contribution in [0.3, 0.4) is 0 Å². The molecule has 3 aromatic rings. The fourth-order valence-corrected chi connectivity index (χ4v) is 2.18. The molecular formula is C18H16N2O2. The summed E-state index contributed by atoms with van der Waals surface area (Å²) in [4.78, 5) is 11.8. The van der Waals surface area contributed by atoms with Gasteiger partial charge in [-0.05, 0) is 16.7 Å². The third-order valence-electron chi connectivity index (χ3n) is 3.37. The number of aromatic nitrogens is 2. The highest BCUT2D eigenvalue weighted by atomic mass is 16.5. The number of carbonyl (C=O) groups is 1. The van der Waals surface area contributed by atoms with E-state index >= 15 is 0 Å². The summed E-state index contributed by atoms with van der Waals surface area (Å²) in [6, 6.07) is 18.2. The topological polar surface area (TPSA) is 44.1 Å². The van der Waals surface area contributed by atoms with Crippen LogP contribution in [-0.2, 0) is 18.4 Å². The fourth-order valence-electron chi connectivity index (χ4n) is 2.18. The predicted molar refractivity (Wildman–Crippen MR) is 84.2 cm³/mol. The van der Waals surface area contributed by atoms with E-state index in [9.17, 15) is 4.79 Å². The van der Waals surface area contributed by atoms with Gasteiger partial charge in [0, 0.05) is 13.2 Å². The summed E-state index contributed by atoms with van der Waals surface area (Å²) >= 11 is 0. The van der Waals surface area contributed by atoms with E-state index in [1.807, 2.05) is 42.5 Å². The molecule has 0 fully saturated rings. The van der Waals surface area contributed by atoms with Gasteiger partial charge < -0.3 is 4.74 Å². The van der Waals surface area contributed by atoms with Gasteiger partial charge in [-0.3, -0.25) is 4.68 Å². The number of hydrogen-bond acceptors (Lipinski definition) is 3. The molecule has 0 aliphatic carbocycles. The summed E-state index contributed by atoms with van der Waals surface area (Å²) in [6.07, 6.45) is 3.14. The van der Waals surface area contributed by atoms with Crippen LogP contribution in [0, 0.1) is 0 Å². The summed E-state index contributed by atoms with van der Waals surface area (Å²) < 4.78 is 6.86. The van der Waals surface area contributed by atoms with Crippen molar-refractivity contribution in [3.63, 3.8) is 0 Å². The van der Waals surface area contributed by atoms with Gasteiger partial charge in [0.05, 0.1) is 11.8 Å². The van der Waals surface area contributed by atoms with E-state index in [1.165, 1.54) is 11.8 Å². The van der Waals surface area contributed by atoms with Crippen molar-refractivity contribution in [2.75, 3.05) is 0 Å². The number of carbonyl (C=O) groups excluding carboxylic acids is 1. The first-order valence-electron chi connectivity index (χ1n) is 7.02. The number of benzene rings is 2. The highest BCUT2D eigenvalue weighted by Gasteiger charge is 2.09. The highest BCUT2D eigenvalue weighted by Crippen LogP contribution is 2.19. The zero-order valence-corrected chi connectivity index (χ0v) is 12.3. The molecule has 0 atom stereocenters. The van der Waals surface area contributed by atoms with Gasteiger partial charge in [-0.25, -0.2) is 4.79 Å². The monoisotopic (exact) mass is 292 g/mol. The van der Waals surface area contributed by atoms with E-state index in [1.54, 1.807) is 17.9 Å². The molecule has 4 heteroatoms. The largest absolute Gasteiger partial charge is 0.457 e. The van der Waals surface area contributed by atoms with Crippen molar-refractivity contribution in [3.8, 4) is 11.1 Å². The van der Waals surface area contributed by atoms with Crippen LogP contribution in [0.1, 0.15) is 15.9 Å². The van der Waals surface area contributed by atoms with Crippen LogP contribution in [0.15, 0.2) is 67.0 Å². The second kappa shape index (κ2) is 6.26. The van der Waals surface area contributed by atoms with E-state index in [2.05, 4.69) is 17.2 Å². The minimum Gasteiger partial charge on any atom is -0.457 e. The Labute approximate surface area is 129 Å². The molecular weight excluding hydrogens is 276 g/mol. The van der Waals surface area contributed by atoms with Gasteiger partial charge in [0.2, 0.25) is 0 Å². The molecule has 0 aliphatic rings. The Morgan fingerprint density at radius 2 is 1.73 bits per heavy atom. The Kier molecular flexibility index (Phi) is 4.01. The standard InChI is InChI=1S/C18H16N2O2/c1-20-12-17(11-19-20)18(21)22-13-14-7-9-16(10-8-14)15-5-3-2-4-6-15/h2-12H,13H2,1H3. The normalized spacial score (nSPS) is 10.4. The van der Waals surface area contributed by atoms with Crippen LogP contribution in [0.4, 0.5) is 0 Å². The Morgan fingerprint density at radius 1 is 1.05 bits per heavy atom. The van der Waals surface area contributed by atoms with Crippen molar-refractivity contribution in [3.05, 3.63) is 78.1 Å². The Balaban J connectivity index is 1.63. The first-order valence-corrected chi connectivity index (χ1v) is 7.02. The maximum Gasteiger partial charge on any atom is 0.341 e. The summed E-state index contributed by atoms with van der Waals surface area (Å²) in [5.41, 5.74) is 3.73. The summed E-state index contributed by atoms with van der Waals surface area (Å²) in [5.74, 6) is -0.361. The van der Waals surface area contributed by atoms with Crippen molar-refractivity contribution in [2.45, 2.75) is 6.61 Å². The van der Waals surface area contributed by atoms with E-state index in [0.29, 0.717) is 5.56 Å². The first kappa shape index (κ1) is 14.1.